The van der Waals surface area contributed by atoms with Crippen LogP contribution in [0.25, 0.3) is 5.57 Å². The first-order valence-corrected chi connectivity index (χ1v) is 10.9. The fourth-order valence-corrected chi connectivity index (χ4v) is 4.40. The molecule has 0 saturated heterocycles. The number of halogens is 2. The fourth-order valence-electron chi connectivity index (χ4n) is 3.37. The molecule has 178 valence electrons. The van der Waals surface area contributed by atoms with Gasteiger partial charge in [-0.1, -0.05) is 42.0 Å². The number of carbonyl (C=O) groups excluding carboxylic acids is 2. The average Bonchev–Trinajstić information content (AvgIpc) is 2.82. The summed E-state index contributed by atoms with van der Waals surface area (Å²) in [5, 5.41) is 15.9. The van der Waals surface area contributed by atoms with Crippen molar-refractivity contribution in [1.82, 2.24) is 5.32 Å². The van der Waals surface area contributed by atoms with E-state index in [1.54, 1.807) is 48.5 Å². The lowest BCUT2D eigenvalue weighted by atomic mass is 9.85. The number of rotatable bonds is 6. The van der Waals surface area contributed by atoms with Gasteiger partial charge in [-0.15, -0.1) is 11.6 Å². The maximum Gasteiger partial charge on any atom is 0.317 e. The van der Waals surface area contributed by atoms with Gasteiger partial charge in [0.2, 0.25) is 5.79 Å². The van der Waals surface area contributed by atoms with Gasteiger partial charge in [-0.25, -0.2) is 4.79 Å². The van der Waals surface area contributed by atoms with E-state index in [2.05, 4.69) is 10.6 Å². The summed E-state index contributed by atoms with van der Waals surface area (Å²) in [6, 6.07) is 12.5. The Hall–Kier alpha value is -2.95. The molecule has 2 aromatic rings. The molecule has 0 aliphatic heterocycles. The van der Waals surface area contributed by atoms with Gasteiger partial charge in [0.15, 0.2) is 4.87 Å². The number of allylic oxidation sites excluding steroid dienone is 2. The number of thiocarbonyl (C=S) groups is 1. The van der Waals surface area contributed by atoms with Crippen LogP contribution in [0.4, 0.5) is 10.5 Å². The zero-order valence-electron chi connectivity index (χ0n) is 18.1. The van der Waals surface area contributed by atoms with E-state index in [1.807, 2.05) is 0 Å². The predicted octanol–water partition coefficient (Wildman–Crippen LogP) is 3.78. The number of para-hydroxylation sites is 1. The smallest absolute Gasteiger partial charge is 0.317 e. The van der Waals surface area contributed by atoms with E-state index in [4.69, 9.17) is 50.6 Å². The first kappa shape index (κ1) is 25.7. The Kier molecular flexibility index (Phi) is 7.64. The summed E-state index contributed by atoms with van der Waals surface area (Å²) in [5.41, 5.74) is 6.95. The number of nitrogens with one attached hydrogen (secondary N) is 2. The number of primary amides is 1. The van der Waals surface area contributed by atoms with Crippen molar-refractivity contribution in [1.29, 1.82) is 0 Å². The number of hydrogen-bond donors (Lipinski definition) is 4. The number of alkyl halides is 1. The summed E-state index contributed by atoms with van der Waals surface area (Å²) in [6.45, 7) is 0. The first-order valence-electron chi connectivity index (χ1n) is 9.78. The normalized spacial score (nSPS) is 21.7. The molecule has 1 aliphatic rings. The van der Waals surface area contributed by atoms with Gasteiger partial charge < -0.3 is 30.9 Å². The number of nitrogens with two attached hydrogens (primary N) is 1. The van der Waals surface area contributed by atoms with E-state index < -0.39 is 16.7 Å². The Labute approximate surface area is 211 Å². The van der Waals surface area contributed by atoms with Crippen molar-refractivity contribution in [2.24, 2.45) is 5.73 Å². The topological polar surface area (TPSA) is 123 Å². The van der Waals surface area contributed by atoms with Crippen LogP contribution in [0, 0.1) is 0 Å². The highest BCUT2D eigenvalue weighted by Crippen LogP contribution is 2.47. The molecular weight excluding hydrogens is 501 g/mol. The number of carbonyl (C=O) groups is 2. The molecule has 11 heteroatoms. The lowest BCUT2D eigenvalue weighted by Gasteiger charge is -2.42. The number of ether oxygens (including phenoxy) is 2. The molecule has 2 unspecified atom stereocenters. The molecule has 0 radical (unpaired) electrons. The average molecular weight is 522 g/mol. The number of methoxy groups -OCH3 is 2. The third-order valence-electron chi connectivity index (χ3n) is 5.15. The van der Waals surface area contributed by atoms with Crippen LogP contribution in [0.3, 0.4) is 0 Å². The number of amides is 3. The molecule has 5 N–H and O–H groups in total. The molecule has 3 rings (SSSR count). The van der Waals surface area contributed by atoms with E-state index in [-0.39, 0.29) is 15.9 Å². The highest BCUT2D eigenvalue weighted by Gasteiger charge is 2.56. The van der Waals surface area contributed by atoms with Crippen molar-refractivity contribution in [2.45, 2.75) is 10.7 Å². The minimum atomic E-state index is -2.29. The number of urea groups is 1. The van der Waals surface area contributed by atoms with Crippen molar-refractivity contribution in [3.05, 3.63) is 76.8 Å². The third kappa shape index (κ3) is 4.79. The quantitative estimate of drug-likeness (QED) is 0.260. The molecule has 0 bridgehead atoms. The summed E-state index contributed by atoms with van der Waals surface area (Å²) < 4.78 is 10.3. The van der Waals surface area contributed by atoms with Gasteiger partial charge in [-0.2, -0.15) is 0 Å². The Morgan fingerprint density at radius 3 is 2.35 bits per heavy atom. The van der Waals surface area contributed by atoms with Crippen LogP contribution in [-0.2, 0) is 4.74 Å². The van der Waals surface area contributed by atoms with E-state index in [0.29, 0.717) is 28.1 Å². The molecule has 8 nitrogen and oxygen atoms in total. The monoisotopic (exact) mass is 521 g/mol. The third-order valence-corrected chi connectivity index (χ3v) is 6.61. The summed E-state index contributed by atoms with van der Waals surface area (Å²) in [4.78, 5) is 21.9. The minimum absolute atomic E-state index is 0.201. The molecular formula is C23H21Cl2N3O5S. The number of hydrogen-bond acceptors (Lipinski definition) is 6. The maximum absolute atomic E-state index is 12.8. The van der Waals surface area contributed by atoms with E-state index in [0.717, 1.165) is 0 Å². The second kappa shape index (κ2) is 10.1. The SMILES string of the molecule is COc1ccc(C(=O)Nc2ccccc2C2=CC(Cl)(C(=S)NC(N)=O)C(O)(OC)C(Cl)=C2)cc1. The molecule has 0 fully saturated rings. The van der Waals surface area contributed by atoms with Crippen LogP contribution >= 0.6 is 35.4 Å². The van der Waals surface area contributed by atoms with Crippen molar-refractivity contribution in [2.75, 3.05) is 19.5 Å². The molecule has 2 aromatic carbocycles. The molecule has 0 saturated carbocycles. The molecule has 0 spiro atoms. The van der Waals surface area contributed by atoms with E-state index in [9.17, 15) is 14.7 Å². The second-order valence-electron chi connectivity index (χ2n) is 7.20. The van der Waals surface area contributed by atoms with Crippen molar-refractivity contribution in [3.8, 4) is 5.75 Å². The van der Waals surface area contributed by atoms with Gasteiger partial charge >= 0.3 is 6.03 Å². The standard InChI is InChI=1S/C23H21Cl2N3O5S/c1-32-15-9-7-13(8-10-15)19(29)27-17-6-4-3-5-16(17)14-11-18(24)23(31,33-2)22(25,12-14)20(34)28-21(26)30/h3-12,31H,1-2H3,(H,27,29)(H3,26,28,30,34). The van der Waals surface area contributed by atoms with Gasteiger partial charge in [0.05, 0.1) is 12.1 Å². The van der Waals surface area contributed by atoms with Gasteiger partial charge in [0.25, 0.3) is 5.91 Å². The zero-order chi connectivity index (χ0) is 25.1. The summed E-state index contributed by atoms with van der Waals surface area (Å²) >= 11 is 18.3. The zero-order valence-corrected chi connectivity index (χ0v) is 20.4. The molecule has 0 aromatic heterocycles. The molecule has 1 aliphatic carbocycles. The Morgan fingerprint density at radius 2 is 1.76 bits per heavy atom. The van der Waals surface area contributed by atoms with Crippen LogP contribution in [0.1, 0.15) is 15.9 Å². The Bertz CT molecular complexity index is 1200. The van der Waals surface area contributed by atoms with Gasteiger partial charge in [-0.05, 0) is 48.1 Å². The van der Waals surface area contributed by atoms with Crippen LogP contribution in [0.5, 0.6) is 5.75 Å². The van der Waals surface area contributed by atoms with Crippen LogP contribution < -0.4 is 21.1 Å². The molecule has 34 heavy (non-hydrogen) atoms. The highest BCUT2D eigenvalue weighted by molar-refractivity contribution is 7.80. The van der Waals surface area contributed by atoms with Crippen LogP contribution in [-0.4, -0.2) is 46.9 Å². The fraction of sp³-hybridized carbons (Fsp3) is 0.174. The maximum atomic E-state index is 12.8. The van der Waals surface area contributed by atoms with E-state index >= 15 is 0 Å². The Balaban J connectivity index is 2.04. The number of anilines is 1. The molecule has 2 atom stereocenters. The lowest BCUT2D eigenvalue weighted by Crippen LogP contribution is -2.61. The van der Waals surface area contributed by atoms with Crippen molar-refractivity contribution in [3.63, 3.8) is 0 Å². The van der Waals surface area contributed by atoms with Crippen LogP contribution in [0.15, 0.2) is 65.7 Å². The van der Waals surface area contributed by atoms with Crippen molar-refractivity contribution < 1.29 is 24.2 Å². The number of benzene rings is 2. The predicted molar refractivity (Wildman–Crippen MR) is 135 cm³/mol. The van der Waals surface area contributed by atoms with E-state index in [1.165, 1.54) is 26.4 Å². The highest BCUT2D eigenvalue weighted by atomic mass is 35.5. The van der Waals surface area contributed by atoms with Crippen molar-refractivity contribution >= 4 is 63.6 Å². The van der Waals surface area contributed by atoms with Crippen LogP contribution in [0.2, 0.25) is 0 Å². The summed E-state index contributed by atoms with van der Waals surface area (Å²) in [6.07, 6.45) is 2.80. The Morgan fingerprint density at radius 1 is 1.12 bits per heavy atom. The molecule has 3 amide bonds. The first-order chi connectivity index (χ1) is 16.1. The van der Waals surface area contributed by atoms with Gasteiger partial charge in [0.1, 0.15) is 10.7 Å². The molecule has 0 heterocycles. The largest absolute Gasteiger partial charge is 0.497 e. The lowest BCUT2D eigenvalue weighted by molar-refractivity contribution is -0.154. The summed E-state index contributed by atoms with van der Waals surface area (Å²) in [7, 11) is 2.72. The van der Waals surface area contributed by atoms with Gasteiger partial charge in [-0.3, -0.25) is 4.79 Å². The second-order valence-corrected chi connectivity index (χ2v) is 8.61. The minimum Gasteiger partial charge on any atom is -0.497 e. The van der Waals surface area contributed by atoms with Gasteiger partial charge in [0, 0.05) is 23.9 Å². The number of aliphatic hydroxyl groups is 1. The summed E-state index contributed by atoms with van der Waals surface area (Å²) in [5.74, 6) is -2.03.